The maximum absolute atomic E-state index is 13.1. The Morgan fingerprint density at radius 3 is 2.29 bits per heavy atom. The first-order chi connectivity index (χ1) is 15.0. The predicted molar refractivity (Wildman–Crippen MR) is 121 cm³/mol. The van der Waals surface area contributed by atoms with E-state index in [0.29, 0.717) is 44.5 Å². The molecule has 1 unspecified atom stereocenters. The van der Waals surface area contributed by atoms with Gasteiger partial charge in [-0.3, -0.25) is 14.4 Å². The van der Waals surface area contributed by atoms with Crippen LogP contribution < -0.4 is 9.64 Å². The summed E-state index contributed by atoms with van der Waals surface area (Å²) in [6.07, 6.45) is 1.75. The minimum atomic E-state index is -0.638. The number of carbonyl (C=O) groups excluding carboxylic acids is 3. The zero-order valence-electron chi connectivity index (χ0n) is 17.4. The zero-order valence-corrected chi connectivity index (χ0v) is 19.0. The van der Waals surface area contributed by atoms with Crippen molar-refractivity contribution in [3.05, 3.63) is 58.6 Å². The minimum Gasteiger partial charge on any atom is -0.497 e. The standard InChI is InChI=1S/C24H25BrN2O4/c1-31-18-8-6-16(7-9-18)22(28)17-10-13-26(14-11-17)23(29)19-12-15-27(24(19)30)21-5-3-2-4-20(21)25/h2-9,17,19H,10-15H2,1H3. The number of Topliss-reactive ketones (excluding diaryl/α,β-unsaturated/α-hetero) is 1. The number of ether oxygens (including phenoxy) is 1. The summed E-state index contributed by atoms with van der Waals surface area (Å²) in [5.41, 5.74) is 1.47. The third-order valence-electron chi connectivity index (χ3n) is 6.20. The van der Waals surface area contributed by atoms with Crippen LogP contribution >= 0.6 is 15.9 Å². The summed E-state index contributed by atoms with van der Waals surface area (Å²) >= 11 is 3.49. The van der Waals surface area contributed by atoms with E-state index < -0.39 is 5.92 Å². The molecule has 0 bridgehead atoms. The Balaban J connectivity index is 1.35. The Labute approximate surface area is 190 Å². The topological polar surface area (TPSA) is 66.9 Å². The molecule has 2 aliphatic heterocycles. The van der Waals surface area contributed by atoms with E-state index in [1.165, 1.54) is 0 Å². The van der Waals surface area contributed by atoms with Crippen molar-refractivity contribution in [1.29, 1.82) is 0 Å². The first-order valence-electron chi connectivity index (χ1n) is 10.5. The Kier molecular flexibility index (Phi) is 6.41. The number of piperidine rings is 1. The predicted octanol–water partition coefficient (Wildman–Crippen LogP) is 3.93. The van der Waals surface area contributed by atoms with Gasteiger partial charge in [-0.2, -0.15) is 0 Å². The highest BCUT2D eigenvalue weighted by atomic mass is 79.9. The van der Waals surface area contributed by atoms with Gasteiger partial charge in [0.25, 0.3) is 0 Å². The van der Waals surface area contributed by atoms with Crippen molar-refractivity contribution >= 4 is 39.2 Å². The molecular weight excluding hydrogens is 460 g/mol. The number of methoxy groups -OCH3 is 1. The van der Waals surface area contributed by atoms with Gasteiger partial charge in [-0.25, -0.2) is 0 Å². The molecule has 0 aliphatic carbocycles. The van der Waals surface area contributed by atoms with Gasteiger partial charge in [-0.15, -0.1) is 0 Å². The van der Waals surface area contributed by atoms with Crippen LogP contribution in [0.1, 0.15) is 29.6 Å². The summed E-state index contributed by atoms with van der Waals surface area (Å²) in [6.45, 7) is 1.54. The highest BCUT2D eigenvalue weighted by molar-refractivity contribution is 9.10. The number of amides is 2. The van der Waals surface area contributed by atoms with Crippen LogP contribution in [0.15, 0.2) is 53.0 Å². The van der Waals surface area contributed by atoms with Crippen LogP contribution in [-0.2, 0) is 9.59 Å². The Bertz CT molecular complexity index is 983. The number of anilines is 1. The second kappa shape index (κ2) is 9.22. The van der Waals surface area contributed by atoms with Crippen LogP contribution in [0, 0.1) is 11.8 Å². The van der Waals surface area contributed by atoms with E-state index in [0.717, 1.165) is 15.9 Å². The zero-order chi connectivity index (χ0) is 22.0. The van der Waals surface area contributed by atoms with E-state index in [-0.39, 0.29) is 23.5 Å². The first kappa shape index (κ1) is 21.6. The smallest absolute Gasteiger partial charge is 0.239 e. The number of carbonyl (C=O) groups is 3. The van der Waals surface area contributed by atoms with Crippen molar-refractivity contribution in [3.8, 4) is 5.75 Å². The van der Waals surface area contributed by atoms with E-state index >= 15 is 0 Å². The highest BCUT2D eigenvalue weighted by Gasteiger charge is 2.41. The molecule has 0 N–H and O–H groups in total. The molecule has 2 amide bonds. The van der Waals surface area contributed by atoms with Gasteiger partial charge in [-0.05, 0) is 71.6 Å². The molecule has 1 atom stereocenters. The van der Waals surface area contributed by atoms with Crippen LogP contribution in [0.4, 0.5) is 5.69 Å². The van der Waals surface area contributed by atoms with E-state index in [2.05, 4.69) is 15.9 Å². The molecule has 0 radical (unpaired) electrons. The van der Waals surface area contributed by atoms with Crippen molar-refractivity contribution in [3.63, 3.8) is 0 Å². The van der Waals surface area contributed by atoms with Crippen molar-refractivity contribution in [2.45, 2.75) is 19.3 Å². The molecule has 4 rings (SSSR count). The SMILES string of the molecule is COc1ccc(C(=O)C2CCN(C(=O)C3CCN(c4ccccc4Br)C3=O)CC2)cc1. The molecule has 2 aliphatic rings. The monoisotopic (exact) mass is 484 g/mol. The van der Waals surface area contributed by atoms with Crippen LogP contribution in [0.5, 0.6) is 5.75 Å². The maximum atomic E-state index is 13.1. The molecule has 31 heavy (non-hydrogen) atoms. The molecule has 0 spiro atoms. The normalized spacial score (nSPS) is 19.5. The number of hydrogen-bond donors (Lipinski definition) is 0. The van der Waals surface area contributed by atoms with E-state index in [4.69, 9.17) is 4.74 Å². The molecule has 2 fully saturated rings. The highest BCUT2D eigenvalue weighted by Crippen LogP contribution is 2.33. The number of para-hydroxylation sites is 1. The largest absolute Gasteiger partial charge is 0.497 e. The lowest BCUT2D eigenvalue weighted by atomic mass is 9.88. The van der Waals surface area contributed by atoms with Gasteiger partial charge in [0.2, 0.25) is 11.8 Å². The first-order valence-corrected chi connectivity index (χ1v) is 11.3. The second-order valence-electron chi connectivity index (χ2n) is 7.97. The lowest BCUT2D eigenvalue weighted by Gasteiger charge is -2.32. The number of nitrogens with zero attached hydrogens (tertiary/aromatic N) is 2. The van der Waals surface area contributed by atoms with Gasteiger partial charge < -0.3 is 14.5 Å². The van der Waals surface area contributed by atoms with Crippen LogP contribution in [-0.4, -0.2) is 49.2 Å². The van der Waals surface area contributed by atoms with Crippen molar-refractivity contribution in [2.75, 3.05) is 31.6 Å². The maximum Gasteiger partial charge on any atom is 0.239 e. The van der Waals surface area contributed by atoms with Crippen LogP contribution in [0.25, 0.3) is 0 Å². The molecule has 6 nitrogen and oxygen atoms in total. The number of rotatable bonds is 5. The van der Waals surface area contributed by atoms with Gasteiger partial charge in [0.05, 0.1) is 12.8 Å². The fraction of sp³-hybridized carbons (Fsp3) is 0.375. The lowest BCUT2D eigenvalue weighted by molar-refractivity contribution is -0.140. The number of likely N-dealkylation sites (tertiary alicyclic amines) is 1. The summed E-state index contributed by atoms with van der Waals surface area (Å²) in [4.78, 5) is 42.3. The van der Waals surface area contributed by atoms with Gasteiger partial charge in [0, 0.05) is 35.6 Å². The second-order valence-corrected chi connectivity index (χ2v) is 8.83. The van der Waals surface area contributed by atoms with Crippen molar-refractivity contribution in [1.82, 2.24) is 4.90 Å². The summed E-state index contributed by atoms with van der Waals surface area (Å²) in [6, 6.07) is 14.7. The molecule has 7 heteroatoms. The average Bonchev–Trinajstić information content (AvgIpc) is 3.19. The Morgan fingerprint density at radius 1 is 0.968 bits per heavy atom. The van der Waals surface area contributed by atoms with Crippen molar-refractivity contribution in [2.24, 2.45) is 11.8 Å². The molecule has 0 saturated carbocycles. The van der Waals surface area contributed by atoms with Gasteiger partial charge in [-0.1, -0.05) is 12.1 Å². The molecule has 162 valence electrons. The quantitative estimate of drug-likeness (QED) is 0.476. The molecular formula is C24H25BrN2O4. The van der Waals surface area contributed by atoms with E-state index in [1.54, 1.807) is 41.2 Å². The average molecular weight is 485 g/mol. The Morgan fingerprint density at radius 2 is 1.65 bits per heavy atom. The number of ketones is 1. The van der Waals surface area contributed by atoms with Gasteiger partial charge in [0.1, 0.15) is 11.7 Å². The summed E-state index contributed by atoms with van der Waals surface area (Å²) < 4.78 is 5.99. The number of halogens is 1. The molecule has 2 aromatic carbocycles. The summed E-state index contributed by atoms with van der Waals surface area (Å²) in [5.74, 6) is -0.181. The number of benzene rings is 2. The Hall–Kier alpha value is -2.67. The fourth-order valence-electron chi connectivity index (χ4n) is 4.39. The van der Waals surface area contributed by atoms with Crippen molar-refractivity contribution < 1.29 is 19.1 Å². The summed E-state index contributed by atoms with van der Waals surface area (Å²) in [7, 11) is 1.59. The fourth-order valence-corrected chi connectivity index (χ4v) is 4.89. The summed E-state index contributed by atoms with van der Waals surface area (Å²) in [5, 5.41) is 0. The van der Waals surface area contributed by atoms with Crippen LogP contribution in [0.3, 0.4) is 0 Å². The third kappa shape index (κ3) is 4.37. The van der Waals surface area contributed by atoms with Gasteiger partial charge >= 0.3 is 0 Å². The molecule has 2 heterocycles. The minimum absolute atomic E-state index is 0.103. The third-order valence-corrected chi connectivity index (χ3v) is 6.87. The number of hydrogen-bond acceptors (Lipinski definition) is 4. The molecule has 2 aromatic rings. The van der Waals surface area contributed by atoms with E-state index in [9.17, 15) is 14.4 Å². The molecule has 2 saturated heterocycles. The van der Waals surface area contributed by atoms with Gasteiger partial charge in [0.15, 0.2) is 5.78 Å². The lowest BCUT2D eigenvalue weighted by Crippen LogP contribution is -2.45. The molecule has 0 aromatic heterocycles. The van der Waals surface area contributed by atoms with Crippen LogP contribution in [0.2, 0.25) is 0 Å². The van der Waals surface area contributed by atoms with E-state index in [1.807, 2.05) is 24.3 Å².